The molecular weight excluding hydrogens is 262 g/mol. The molecule has 0 saturated heterocycles. The minimum atomic E-state index is -0.388. The molecule has 1 aliphatic rings. The summed E-state index contributed by atoms with van der Waals surface area (Å²) in [5.74, 6) is 0. The van der Waals surface area contributed by atoms with Crippen molar-refractivity contribution in [2.75, 3.05) is 5.32 Å². The number of anilines is 1. The lowest BCUT2D eigenvalue weighted by atomic mass is 9.89. The summed E-state index contributed by atoms with van der Waals surface area (Å²) in [6.07, 6.45) is 2.48. The first-order chi connectivity index (χ1) is 10.2. The fourth-order valence-corrected chi connectivity index (χ4v) is 2.75. The number of hydrogen-bond acceptors (Lipinski definition) is 2. The topological polar surface area (TPSA) is 38.3 Å². The molecule has 0 radical (unpaired) electrons. The average molecular weight is 281 g/mol. The molecule has 0 spiro atoms. The van der Waals surface area contributed by atoms with Crippen molar-refractivity contribution in [2.24, 2.45) is 0 Å². The number of rotatable bonds is 2. The molecule has 3 nitrogen and oxygen atoms in total. The van der Waals surface area contributed by atoms with Gasteiger partial charge < -0.3 is 4.74 Å². The van der Waals surface area contributed by atoms with Gasteiger partial charge in [0.25, 0.3) is 0 Å². The van der Waals surface area contributed by atoms with E-state index in [0.29, 0.717) is 0 Å². The summed E-state index contributed by atoms with van der Waals surface area (Å²) in [5, 5.41) is 2.79. The van der Waals surface area contributed by atoms with Crippen molar-refractivity contribution in [2.45, 2.75) is 32.3 Å². The third-order valence-corrected chi connectivity index (χ3v) is 3.86. The van der Waals surface area contributed by atoms with E-state index >= 15 is 0 Å². The Hall–Kier alpha value is -2.29. The van der Waals surface area contributed by atoms with Crippen molar-refractivity contribution < 1.29 is 9.53 Å². The first-order valence-corrected chi connectivity index (χ1v) is 7.34. The third-order valence-electron chi connectivity index (χ3n) is 3.86. The van der Waals surface area contributed by atoms with Crippen LogP contribution in [0.5, 0.6) is 0 Å². The van der Waals surface area contributed by atoms with Gasteiger partial charge in [-0.1, -0.05) is 42.0 Å². The quantitative estimate of drug-likeness (QED) is 0.872. The predicted molar refractivity (Wildman–Crippen MR) is 83.4 cm³/mol. The number of benzene rings is 2. The number of ether oxygens (including phenoxy) is 1. The van der Waals surface area contributed by atoms with E-state index in [1.807, 2.05) is 43.3 Å². The van der Waals surface area contributed by atoms with Gasteiger partial charge >= 0.3 is 6.09 Å². The summed E-state index contributed by atoms with van der Waals surface area (Å²) in [6.45, 7) is 2.01. The number of nitrogens with one attached hydrogen (secondary N) is 1. The predicted octanol–water partition coefficient (Wildman–Crippen LogP) is 4.62. The third kappa shape index (κ3) is 3.24. The summed E-state index contributed by atoms with van der Waals surface area (Å²) < 4.78 is 5.60. The van der Waals surface area contributed by atoms with Crippen molar-refractivity contribution >= 4 is 11.8 Å². The van der Waals surface area contributed by atoms with Crippen LogP contribution in [-0.2, 0) is 11.2 Å². The molecule has 3 rings (SSSR count). The van der Waals surface area contributed by atoms with Crippen LogP contribution in [0.3, 0.4) is 0 Å². The molecule has 1 N–H and O–H groups in total. The van der Waals surface area contributed by atoms with Crippen molar-refractivity contribution in [3.63, 3.8) is 0 Å². The number of aryl methyl sites for hydroxylation is 2. The first-order valence-electron chi connectivity index (χ1n) is 7.34. The van der Waals surface area contributed by atoms with Crippen LogP contribution in [0.25, 0.3) is 0 Å². The molecule has 2 aromatic rings. The lowest BCUT2D eigenvalue weighted by Gasteiger charge is -2.25. The second-order valence-corrected chi connectivity index (χ2v) is 5.48. The number of fused-ring (bicyclic) bond motifs is 1. The molecule has 1 aliphatic carbocycles. The second kappa shape index (κ2) is 6.00. The lowest BCUT2D eigenvalue weighted by Crippen LogP contribution is -2.20. The van der Waals surface area contributed by atoms with Gasteiger partial charge in [0.15, 0.2) is 0 Å². The van der Waals surface area contributed by atoms with Gasteiger partial charge in [0.1, 0.15) is 6.10 Å². The highest BCUT2D eigenvalue weighted by molar-refractivity contribution is 5.84. The summed E-state index contributed by atoms with van der Waals surface area (Å²) in [7, 11) is 0. The SMILES string of the molecule is Cc1ccc(NC(=O)O[C@H]2CCCc3ccccc32)cc1. The Kier molecular flexibility index (Phi) is 3.91. The van der Waals surface area contributed by atoms with Crippen molar-refractivity contribution in [1.29, 1.82) is 0 Å². The van der Waals surface area contributed by atoms with Crippen LogP contribution in [-0.4, -0.2) is 6.09 Å². The molecule has 3 heteroatoms. The average Bonchev–Trinajstić information content (AvgIpc) is 2.50. The van der Waals surface area contributed by atoms with Gasteiger partial charge in [-0.25, -0.2) is 4.79 Å². The molecule has 0 heterocycles. The van der Waals surface area contributed by atoms with Gasteiger partial charge in [-0.05, 0) is 49.4 Å². The largest absolute Gasteiger partial charge is 0.441 e. The Bertz CT molecular complexity index is 634. The van der Waals surface area contributed by atoms with Gasteiger partial charge in [0, 0.05) is 5.69 Å². The monoisotopic (exact) mass is 281 g/mol. The van der Waals surface area contributed by atoms with Crippen LogP contribution >= 0.6 is 0 Å². The minimum Gasteiger partial charge on any atom is -0.441 e. The molecule has 0 unspecified atom stereocenters. The highest BCUT2D eigenvalue weighted by Gasteiger charge is 2.23. The van der Waals surface area contributed by atoms with E-state index in [0.717, 1.165) is 36.1 Å². The van der Waals surface area contributed by atoms with Crippen LogP contribution in [0.4, 0.5) is 10.5 Å². The molecule has 0 aliphatic heterocycles. The van der Waals surface area contributed by atoms with Crippen LogP contribution < -0.4 is 5.32 Å². The van der Waals surface area contributed by atoms with Gasteiger partial charge in [-0.2, -0.15) is 0 Å². The van der Waals surface area contributed by atoms with Crippen molar-refractivity contribution in [3.8, 4) is 0 Å². The molecule has 0 bridgehead atoms. The Morgan fingerprint density at radius 2 is 1.90 bits per heavy atom. The standard InChI is InChI=1S/C18H19NO2/c1-13-9-11-15(12-10-13)19-18(20)21-17-8-4-6-14-5-2-3-7-16(14)17/h2-3,5,7,9-12,17H,4,6,8H2,1H3,(H,19,20)/t17-/m0/s1. The van der Waals surface area contributed by atoms with E-state index in [-0.39, 0.29) is 12.2 Å². The van der Waals surface area contributed by atoms with Gasteiger partial charge in [-0.3, -0.25) is 5.32 Å². The Labute approximate surface area is 124 Å². The van der Waals surface area contributed by atoms with Crippen LogP contribution in [0, 0.1) is 6.92 Å². The number of carbonyl (C=O) groups excluding carboxylic acids is 1. The molecule has 0 fully saturated rings. The van der Waals surface area contributed by atoms with E-state index in [2.05, 4.69) is 17.4 Å². The van der Waals surface area contributed by atoms with E-state index in [1.165, 1.54) is 5.56 Å². The summed E-state index contributed by atoms with van der Waals surface area (Å²) in [5.41, 5.74) is 4.35. The Morgan fingerprint density at radius 1 is 1.14 bits per heavy atom. The number of carbonyl (C=O) groups is 1. The zero-order valence-corrected chi connectivity index (χ0v) is 12.1. The molecule has 21 heavy (non-hydrogen) atoms. The lowest BCUT2D eigenvalue weighted by molar-refractivity contribution is 0.0999. The highest BCUT2D eigenvalue weighted by Crippen LogP contribution is 2.32. The fourth-order valence-electron chi connectivity index (χ4n) is 2.75. The van der Waals surface area contributed by atoms with E-state index in [1.54, 1.807) is 0 Å². The van der Waals surface area contributed by atoms with E-state index < -0.39 is 0 Å². The molecular formula is C18H19NO2. The van der Waals surface area contributed by atoms with E-state index in [4.69, 9.17) is 4.74 Å². The van der Waals surface area contributed by atoms with Crippen molar-refractivity contribution in [1.82, 2.24) is 0 Å². The van der Waals surface area contributed by atoms with Crippen LogP contribution in [0.2, 0.25) is 0 Å². The van der Waals surface area contributed by atoms with Gasteiger partial charge in [0.2, 0.25) is 0 Å². The molecule has 1 atom stereocenters. The first kappa shape index (κ1) is 13.7. The normalized spacial score (nSPS) is 16.9. The van der Waals surface area contributed by atoms with Crippen LogP contribution in [0.1, 0.15) is 35.6 Å². The van der Waals surface area contributed by atoms with E-state index in [9.17, 15) is 4.79 Å². The second-order valence-electron chi connectivity index (χ2n) is 5.48. The molecule has 2 aromatic carbocycles. The molecule has 0 aromatic heterocycles. The molecule has 0 saturated carbocycles. The number of amides is 1. The Morgan fingerprint density at radius 3 is 2.71 bits per heavy atom. The smallest absolute Gasteiger partial charge is 0.412 e. The molecule has 108 valence electrons. The summed E-state index contributed by atoms with van der Waals surface area (Å²) in [6, 6.07) is 15.9. The fraction of sp³-hybridized carbons (Fsp3) is 0.278. The van der Waals surface area contributed by atoms with Crippen LogP contribution in [0.15, 0.2) is 48.5 Å². The zero-order valence-electron chi connectivity index (χ0n) is 12.1. The maximum absolute atomic E-state index is 12.0. The number of hydrogen-bond donors (Lipinski definition) is 1. The highest BCUT2D eigenvalue weighted by atomic mass is 16.6. The molecule has 1 amide bonds. The van der Waals surface area contributed by atoms with Gasteiger partial charge in [-0.15, -0.1) is 0 Å². The maximum atomic E-state index is 12.0. The van der Waals surface area contributed by atoms with Crippen molar-refractivity contribution in [3.05, 3.63) is 65.2 Å². The summed E-state index contributed by atoms with van der Waals surface area (Å²) >= 11 is 0. The minimum absolute atomic E-state index is 0.139. The summed E-state index contributed by atoms with van der Waals surface area (Å²) in [4.78, 5) is 12.0. The Balaban J connectivity index is 1.67. The maximum Gasteiger partial charge on any atom is 0.412 e. The zero-order chi connectivity index (χ0) is 14.7. The van der Waals surface area contributed by atoms with Gasteiger partial charge in [0.05, 0.1) is 0 Å².